The van der Waals surface area contributed by atoms with E-state index in [0.717, 1.165) is 46.5 Å². The van der Waals surface area contributed by atoms with E-state index in [4.69, 9.17) is 9.72 Å². The molecule has 8 heteroatoms. The first-order chi connectivity index (χ1) is 15.5. The molecule has 3 atom stereocenters. The van der Waals surface area contributed by atoms with E-state index in [1.807, 2.05) is 13.2 Å². The molecule has 0 unspecified atom stereocenters. The lowest BCUT2D eigenvalue weighted by Gasteiger charge is -2.52. The highest BCUT2D eigenvalue weighted by Crippen LogP contribution is 2.50. The number of nitrogens with zero attached hydrogens (tertiary/aromatic N) is 4. The molecule has 0 radical (unpaired) electrons. The Balaban J connectivity index is 1.53. The number of methoxy groups -OCH3 is 1. The van der Waals surface area contributed by atoms with E-state index in [-0.39, 0.29) is 11.6 Å². The highest BCUT2D eigenvalue weighted by Gasteiger charge is 2.51. The van der Waals surface area contributed by atoms with Crippen molar-refractivity contribution < 1.29 is 4.74 Å². The van der Waals surface area contributed by atoms with Crippen LogP contribution in [0.1, 0.15) is 24.5 Å². The molecule has 4 aromatic rings. The maximum atomic E-state index is 6.36. The number of ether oxygens (including phenoxy) is 1. The molecule has 2 N–H and O–H groups in total. The number of pyridine rings is 1. The fraction of sp³-hybridized carbons (Fsp3) is 0.375. The molecule has 0 saturated carbocycles. The van der Waals surface area contributed by atoms with Crippen molar-refractivity contribution in [3.05, 3.63) is 52.3 Å². The predicted octanol–water partition coefficient (Wildman–Crippen LogP) is 4.52. The summed E-state index contributed by atoms with van der Waals surface area (Å²) in [6.07, 6.45) is 5.46. The van der Waals surface area contributed by atoms with Crippen LogP contribution in [0.25, 0.3) is 33.8 Å². The maximum Gasteiger partial charge on any atom is 0.183 e. The van der Waals surface area contributed by atoms with Crippen molar-refractivity contribution in [2.75, 3.05) is 20.7 Å². The van der Waals surface area contributed by atoms with Gasteiger partial charge in [0, 0.05) is 53.0 Å². The minimum Gasteiger partial charge on any atom is -0.372 e. The Labute approximate surface area is 194 Å². The van der Waals surface area contributed by atoms with E-state index in [1.165, 1.54) is 16.5 Å². The van der Waals surface area contributed by atoms with Crippen molar-refractivity contribution in [1.82, 2.24) is 30.0 Å². The van der Waals surface area contributed by atoms with E-state index >= 15 is 0 Å². The van der Waals surface area contributed by atoms with Gasteiger partial charge in [0.25, 0.3) is 0 Å². The van der Waals surface area contributed by atoms with E-state index < -0.39 is 0 Å². The van der Waals surface area contributed by atoms with Crippen LogP contribution in [0.5, 0.6) is 0 Å². The van der Waals surface area contributed by atoms with Gasteiger partial charge in [0.05, 0.1) is 5.69 Å². The fourth-order valence-electron chi connectivity index (χ4n) is 5.94. The standard InChI is InChI=1S/C24H25BrN6O/c1-13-9-24(32-3)17-5-4-6-18-20(17)16(8-19(24)31(2)12-13)21(27-18)23-28-22(29-30-23)14-7-15(25)11-26-10-14/h4-7,10-11,13,19,27H,8-9,12H2,1-3H3,(H,28,29,30)/t13-,19-,24+/m1/s1. The molecular formula is C24H25BrN6O. The van der Waals surface area contributed by atoms with Gasteiger partial charge in [0.1, 0.15) is 5.60 Å². The summed E-state index contributed by atoms with van der Waals surface area (Å²) in [5, 5.41) is 8.90. The van der Waals surface area contributed by atoms with Crippen LogP contribution in [0, 0.1) is 5.92 Å². The first kappa shape index (κ1) is 20.1. The van der Waals surface area contributed by atoms with Crippen molar-refractivity contribution >= 4 is 26.8 Å². The minimum atomic E-state index is -0.299. The predicted molar refractivity (Wildman–Crippen MR) is 127 cm³/mol. The van der Waals surface area contributed by atoms with E-state index in [0.29, 0.717) is 11.7 Å². The summed E-state index contributed by atoms with van der Waals surface area (Å²) in [7, 11) is 4.09. The van der Waals surface area contributed by atoms with Crippen LogP contribution in [0.4, 0.5) is 0 Å². The number of fused-ring (bicyclic) bond motifs is 2. The van der Waals surface area contributed by atoms with Gasteiger partial charge in [-0.25, -0.2) is 4.98 Å². The molecule has 7 nitrogen and oxygen atoms in total. The number of aromatic nitrogens is 5. The second kappa shape index (κ2) is 7.23. The number of hydrogen-bond donors (Lipinski definition) is 2. The Morgan fingerprint density at radius 3 is 2.97 bits per heavy atom. The Hall–Kier alpha value is -2.55. The number of piperidine rings is 1. The summed E-state index contributed by atoms with van der Waals surface area (Å²) in [5.74, 6) is 1.95. The lowest BCUT2D eigenvalue weighted by Crippen LogP contribution is -2.59. The zero-order valence-electron chi connectivity index (χ0n) is 18.3. The third-order valence-electron chi connectivity index (χ3n) is 7.15. The SMILES string of the molecule is CO[C@]12C[C@@H](C)CN(C)[C@@H]1Cc1c(-c3nc(-c4cncc(Br)c4)n[nH]3)[nH]c3cccc2c13. The summed E-state index contributed by atoms with van der Waals surface area (Å²) < 4.78 is 7.26. The van der Waals surface area contributed by atoms with Gasteiger partial charge in [-0.1, -0.05) is 19.1 Å². The van der Waals surface area contributed by atoms with Gasteiger partial charge < -0.3 is 9.72 Å². The van der Waals surface area contributed by atoms with Crippen LogP contribution in [0.15, 0.2) is 41.1 Å². The minimum absolute atomic E-state index is 0.271. The molecule has 1 aromatic carbocycles. The van der Waals surface area contributed by atoms with Crippen LogP contribution >= 0.6 is 15.9 Å². The number of rotatable bonds is 3. The van der Waals surface area contributed by atoms with Gasteiger partial charge >= 0.3 is 0 Å². The Kier molecular flexibility index (Phi) is 4.54. The average Bonchev–Trinajstić information content (AvgIpc) is 3.40. The largest absolute Gasteiger partial charge is 0.372 e. The topological polar surface area (TPSA) is 82.7 Å². The van der Waals surface area contributed by atoms with E-state index in [1.54, 1.807) is 12.4 Å². The molecule has 1 aliphatic carbocycles. The monoisotopic (exact) mass is 492 g/mol. The first-order valence-corrected chi connectivity index (χ1v) is 11.7. The zero-order valence-corrected chi connectivity index (χ0v) is 19.9. The number of benzene rings is 1. The molecule has 1 saturated heterocycles. The smallest absolute Gasteiger partial charge is 0.183 e. The average molecular weight is 493 g/mol. The number of halogens is 1. The molecule has 0 amide bonds. The molecule has 6 rings (SSSR count). The van der Waals surface area contributed by atoms with Crippen molar-refractivity contribution in [2.45, 2.75) is 31.4 Å². The summed E-state index contributed by atoms with van der Waals surface area (Å²) in [5.41, 5.74) is 5.25. The first-order valence-electron chi connectivity index (χ1n) is 10.9. The molecule has 0 spiro atoms. The van der Waals surface area contributed by atoms with Gasteiger partial charge in [-0.05, 0) is 65.0 Å². The third-order valence-corrected chi connectivity index (χ3v) is 7.59. The van der Waals surface area contributed by atoms with Crippen LogP contribution in [0.3, 0.4) is 0 Å². The summed E-state index contributed by atoms with van der Waals surface area (Å²) >= 11 is 3.48. The number of likely N-dealkylation sites (N-methyl/N-ethyl adjacent to an activating group) is 1. The quantitative estimate of drug-likeness (QED) is 0.439. The summed E-state index contributed by atoms with van der Waals surface area (Å²) in [4.78, 5) is 15.2. The molecule has 2 aliphatic rings. The van der Waals surface area contributed by atoms with Gasteiger partial charge in [0.2, 0.25) is 0 Å². The van der Waals surface area contributed by atoms with Gasteiger partial charge in [-0.15, -0.1) is 0 Å². The fourth-order valence-corrected chi connectivity index (χ4v) is 6.30. The van der Waals surface area contributed by atoms with Crippen molar-refractivity contribution in [2.24, 2.45) is 5.92 Å². The second-order valence-electron chi connectivity index (χ2n) is 9.17. The molecule has 164 valence electrons. The molecule has 1 aliphatic heterocycles. The van der Waals surface area contributed by atoms with E-state index in [9.17, 15) is 0 Å². The number of H-pyrrole nitrogens is 2. The number of aromatic amines is 2. The highest BCUT2D eigenvalue weighted by atomic mass is 79.9. The second-order valence-corrected chi connectivity index (χ2v) is 10.1. The van der Waals surface area contributed by atoms with Crippen molar-refractivity contribution in [3.8, 4) is 22.9 Å². The Bertz CT molecular complexity index is 1330. The number of nitrogens with one attached hydrogen (secondary N) is 2. The lowest BCUT2D eigenvalue weighted by molar-refractivity contribution is -0.122. The van der Waals surface area contributed by atoms with Gasteiger partial charge in [-0.2, -0.15) is 5.10 Å². The van der Waals surface area contributed by atoms with Crippen molar-refractivity contribution in [3.63, 3.8) is 0 Å². The number of hydrogen-bond acceptors (Lipinski definition) is 5. The summed E-state index contributed by atoms with van der Waals surface area (Å²) in [6, 6.07) is 8.75. The van der Waals surface area contributed by atoms with Crippen molar-refractivity contribution in [1.29, 1.82) is 0 Å². The Morgan fingerprint density at radius 2 is 2.16 bits per heavy atom. The van der Waals surface area contributed by atoms with Gasteiger partial charge in [0.15, 0.2) is 11.6 Å². The van der Waals surface area contributed by atoms with Crippen LogP contribution in [0.2, 0.25) is 0 Å². The molecule has 1 fully saturated rings. The molecule has 32 heavy (non-hydrogen) atoms. The molecule has 3 aromatic heterocycles. The zero-order chi connectivity index (χ0) is 22.0. The molecular weight excluding hydrogens is 468 g/mol. The lowest BCUT2D eigenvalue weighted by atomic mass is 9.68. The van der Waals surface area contributed by atoms with Crippen LogP contribution in [-0.2, 0) is 16.8 Å². The molecule has 4 heterocycles. The Morgan fingerprint density at radius 1 is 1.28 bits per heavy atom. The number of likely N-dealkylation sites (tertiary alicyclic amines) is 1. The van der Waals surface area contributed by atoms with Crippen LogP contribution < -0.4 is 0 Å². The normalized spacial score (nSPS) is 25.2. The highest BCUT2D eigenvalue weighted by molar-refractivity contribution is 9.10. The maximum absolute atomic E-state index is 6.36. The summed E-state index contributed by atoms with van der Waals surface area (Å²) in [6.45, 7) is 3.39. The third kappa shape index (κ3) is 2.82. The van der Waals surface area contributed by atoms with E-state index in [2.05, 4.69) is 73.2 Å². The molecule has 0 bridgehead atoms. The van der Waals surface area contributed by atoms with Crippen LogP contribution in [-0.4, -0.2) is 56.8 Å². The van der Waals surface area contributed by atoms with Gasteiger partial charge in [-0.3, -0.25) is 15.0 Å².